The zero-order valence-corrected chi connectivity index (χ0v) is 10.6. The molecule has 0 aliphatic carbocycles. The number of hydrogen-bond donors (Lipinski definition) is 0. The number of rotatable bonds is 3. The van der Waals surface area contributed by atoms with Crippen molar-refractivity contribution in [1.82, 2.24) is 9.78 Å². The Morgan fingerprint density at radius 2 is 2.12 bits per heavy atom. The van der Waals surface area contributed by atoms with E-state index in [4.69, 9.17) is 15.4 Å². The molecule has 0 amide bonds. The summed E-state index contributed by atoms with van der Waals surface area (Å²) >= 11 is 0. The van der Waals surface area contributed by atoms with Crippen molar-refractivity contribution in [2.45, 2.75) is 18.9 Å². The van der Waals surface area contributed by atoms with Gasteiger partial charge in [-0.2, -0.15) is 5.10 Å². The van der Waals surface area contributed by atoms with Crippen LogP contribution in [-0.4, -0.2) is 30.8 Å². The molecule has 0 radical (unpaired) electrons. The van der Waals surface area contributed by atoms with E-state index in [-0.39, 0.29) is 22.9 Å². The van der Waals surface area contributed by atoms with Crippen molar-refractivity contribution in [2.24, 2.45) is 7.05 Å². The number of carbonyl (C=O) groups excluding carboxylic acids is 1. The van der Waals surface area contributed by atoms with Gasteiger partial charge in [-0.15, -0.1) is 0 Å². The highest BCUT2D eigenvalue weighted by molar-refractivity contribution is 8.13. The second-order valence-electron chi connectivity index (χ2n) is 3.05. The molecule has 1 heterocycles. The number of aryl methyl sites for hydroxylation is 2. The summed E-state index contributed by atoms with van der Waals surface area (Å²) in [7, 11) is 2.59. The van der Waals surface area contributed by atoms with Crippen LogP contribution < -0.4 is 0 Å². The molecule has 0 unspecified atom stereocenters. The number of halogens is 1. The van der Waals surface area contributed by atoms with Crippen molar-refractivity contribution in [3.05, 3.63) is 11.3 Å². The van der Waals surface area contributed by atoms with E-state index < -0.39 is 15.0 Å². The number of hydrogen-bond acceptors (Lipinski definition) is 5. The zero-order chi connectivity index (χ0) is 12.5. The van der Waals surface area contributed by atoms with Crippen LogP contribution in [0.1, 0.15) is 23.0 Å². The fourth-order valence-corrected chi connectivity index (χ4v) is 2.72. The minimum Gasteiger partial charge on any atom is -0.462 e. The molecule has 0 aromatic carbocycles. The summed E-state index contributed by atoms with van der Waals surface area (Å²) in [5, 5.41) is 3.49. The third-order valence-electron chi connectivity index (χ3n) is 1.88. The van der Waals surface area contributed by atoms with Crippen LogP contribution in [-0.2, 0) is 20.8 Å². The molecule has 0 aliphatic heterocycles. The standard InChI is InChI=1S/C8H11ClN2O4S/c1-4-15-8(12)6-5(2)10-11(3)7(6)16(9,13)14/h4H2,1-3H3. The summed E-state index contributed by atoms with van der Waals surface area (Å²) in [5.74, 6) is -0.743. The van der Waals surface area contributed by atoms with Gasteiger partial charge >= 0.3 is 5.97 Å². The molecule has 16 heavy (non-hydrogen) atoms. The topological polar surface area (TPSA) is 78.3 Å². The van der Waals surface area contributed by atoms with Gasteiger partial charge in [-0.25, -0.2) is 13.2 Å². The van der Waals surface area contributed by atoms with Crippen molar-refractivity contribution < 1.29 is 17.9 Å². The highest BCUT2D eigenvalue weighted by atomic mass is 35.7. The lowest BCUT2D eigenvalue weighted by Crippen LogP contribution is -2.11. The van der Waals surface area contributed by atoms with Gasteiger partial charge in [-0.3, -0.25) is 4.68 Å². The molecule has 90 valence electrons. The predicted molar refractivity (Wildman–Crippen MR) is 56.9 cm³/mol. The Morgan fingerprint density at radius 3 is 2.56 bits per heavy atom. The summed E-state index contributed by atoms with van der Waals surface area (Å²) in [6.07, 6.45) is 0. The monoisotopic (exact) mass is 266 g/mol. The van der Waals surface area contributed by atoms with Gasteiger partial charge in [0.1, 0.15) is 5.56 Å². The minimum absolute atomic E-state index is 0.112. The van der Waals surface area contributed by atoms with Crippen LogP contribution >= 0.6 is 10.7 Å². The molecule has 0 N–H and O–H groups in total. The Bertz CT molecular complexity index is 520. The van der Waals surface area contributed by atoms with Crippen LogP contribution in [0.2, 0.25) is 0 Å². The number of nitrogens with zero attached hydrogens (tertiary/aromatic N) is 2. The molecule has 0 aliphatic rings. The van der Waals surface area contributed by atoms with Crippen molar-refractivity contribution in [3.8, 4) is 0 Å². The van der Waals surface area contributed by atoms with Gasteiger partial charge in [0.2, 0.25) is 0 Å². The number of ether oxygens (including phenoxy) is 1. The Morgan fingerprint density at radius 1 is 1.56 bits per heavy atom. The Kier molecular flexibility index (Phi) is 3.59. The number of aromatic nitrogens is 2. The van der Waals surface area contributed by atoms with Crippen LogP contribution in [0.4, 0.5) is 0 Å². The third-order valence-corrected chi connectivity index (χ3v) is 3.25. The molecule has 0 saturated carbocycles. The quantitative estimate of drug-likeness (QED) is 0.598. The molecule has 8 heteroatoms. The van der Waals surface area contributed by atoms with Gasteiger partial charge < -0.3 is 4.74 Å². The fourth-order valence-electron chi connectivity index (χ4n) is 1.35. The summed E-state index contributed by atoms with van der Waals surface area (Å²) in [6.45, 7) is 3.28. The van der Waals surface area contributed by atoms with E-state index in [9.17, 15) is 13.2 Å². The molecule has 0 atom stereocenters. The largest absolute Gasteiger partial charge is 0.462 e. The van der Waals surface area contributed by atoms with E-state index in [1.165, 1.54) is 14.0 Å². The second-order valence-corrected chi connectivity index (χ2v) is 5.53. The van der Waals surface area contributed by atoms with Crippen LogP contribution in [0.15, 0.2) is 5.03 Å². The molecule has 0 saturated heterocycles. The van der Waals surface area contributed by atoms with Gasteiger partial charge in [0, 0.05) is 17.7 Å². The van der Waals surface area contributed by atoms with Crippen LogP contribution in [0.25, 0.3) is 0 Å². The summed E-state index contributed by atoms with van der Waals surface area (Å²) in [6, 6.07) is 0. The van der Waals surface area contributed by atoms with Gasteiger partial charge in [0.15, 0.2) is 5.03 Å². The molecular weight excluding hydrogens is 256 g/mol. The lowest BCUT2D eigenvalue weighted by Gasteiger charge is -2.02. The van der Waals surface area contributed by atoms with Gasteiger partial charge in [-0.05, 0) is 13.8 Å². The Labute approximate surface area is 97.6 Å². The summed E-state index contributed by atoms with van der Waals surface area (Å²) < 4.78 is 28.4. The zero-order valence-electron chi connectivity index (χ0n) is 9.02. The second kappa shape index (κ2) is 4.42. The number of carbonyl (C=O) groups is 1. The fraction of sp³-hybridized carbons (Fsp3) is 0.500. The molecule has 6 nitrogen and oxygen atoms in total. The highest BCUT2D eigenvalue weighted by Gasteiger charge is 2.29. The van der Waals surface area contributed by atoms with Gasteiger partial charge in [0.25, 0.3) is 9.05 Å². The first kappa shape index (κ1) is 13.0. The minimum atomic E-state index is -4.03. The third kappa shape index (κ3) is 2.35. The van der Waals surface area contributed by atoms with Crippen LogP contribution in [0.5, 0.6) is 0 Å². The maximum absolute atomic E-state index is 11.5. The summed E-state index contributed by atoms with van der Waals surface area (Å²) in [4.78, 5) is 11.5. The smallest absolute Gasteiger partial charge is 0.343 e. The van der Waals surface area contributed by atoms with E-state index in [1.807, 2.05) is 0 Å². The molecule has 0 bridgehead atoms. The van der Waals surface area contributed by atoms with Crippen LogP contribution in [0, 0.1) is 6.92 Å². The lowest BCUT2D eigenvalue weighted by atomic mass is 10.3. The van der Waals surface area contributed by atoms with Gasteiger partial charge in [0.05, 0.1) is 12.3 Å². The summed E-state index contributed by atoms with van der Waals surface area (Å²) in [5.41, 5.74) is 0.152. The molecule has 0 fully saturated rings. The van der Waals surface area contributed by atoms with E-state index in [0.29, 0.717) is 0 Å². The van der Waals surface area contributed by atoms with E-state index in [2.05, 4.69) is 5.10 Å². The van der Waals surface area contributed by atoms with Crippen molar-refractivity contribution in [2.75, 3.05) is 6.61 Å². The molecule has 1 aromatic heterocycles. The first-order valence-corrected chi connectivity index (χ1v) is 6.75. The van der Waals surface area contributed by atoms with E-state index in [0.717, 1.165) is 4.68 Å². The van der Waals surface area contributed by atoms with Crippen molar-refractivity contribution in [1.29, 1.82) is 0 Å². The average Bonchev–Trinajstić information content (AvgIpc) is 2.40. The average molecular weight is 267 g/mol. The Balaban J connectivity index is 3.44. The van der Waals surface area contributed by atoms with E-state index in [1.54, 1.807) is 6.92 Å². The molecule has 1 aromatic rings. The lowest BCUT2D eigenvalue weighted by molar-refractivity contribution is 0.0520. The van der Waals surface area contributed by atoms with Crippen LogP contribution in [0.3, 0.4) is 0 Å². The van der Waals surface area contributed by atoms with Gasteiger partial charge in [-0.1, -0.05) is 0 Å². The maximum atomic E-state index is 11.5. The Hall–Kier alpha value is -1.08. The van der Waals surface area contributed by atoms with E-state index >= 15 is 0 Å². The predicted octanol–water partition coefficient (Wildman–Crippen LogP) is 0.833. The first-order chi connectivity index (χ1) is 7.29. The maximum Gasteiger partial charge on any atom is 0.343 e. The van der Waals surface area contributed by atoms with Crippen molar-refractivity contribution >= 4 is 25.7 Å². The first-order valence-electron chi connectivity index (χ1n) is 4.44. The van der Waals surface area contributed by atoms with Crippen molar-refractivity contribution in [3.63, 3.8) is 0 Å². The number of esters is 1. The molecular formula is C8H11ClN2O4S. The molecule has 1 rings (SSSR count). The normalized spacial score (nSPS) is 11.5. The SMILES string of the molecule is CCOC(=O)c1c(C)nn(C)c1S(=O)(=O)Cl. The highest BCUT2D eigenvalue weighted by Crippen LogP contribution is 2.22. The molecule has 0 spiro atoms.